The number of amides is 1. The summed E-state index contributed by atoms with van der Waals surface area (Å²) in [6.45, 7) is 3.85. The van der Waals surface area contributed by atoms with Crippen LogP contribution in [0.2, 0.25) is 0 Å². The quantitative estimate of drug-likeness (QED) is 0.317. The van der Waals surface area contributed by atoms with Gasteiger partial charge in [-0.15, -0.1) is 0 Å². The monoisotopic (exact) mass is 527 g/mol. The lowest BCUT2D eigenvalue weighted by Crippen LogP contribution is -2.21. The van der Waals surface area contributed by atoms with Crippen LogP contribution >= 0.6 is 15.9 Å². The molecule has 0 unspecified atom stereocenters. The SMILES string of the molecule is Cc1nc2ccc(Br)cc2c(=O)n1N=Cc1c(C)n(CC(=O)Nc2ccccc2)c2ccccc12. The van der Waals surface area contributed by atoms with E-state index in [-0.39, 0.29) is 18.0 Å². The van der Waals surface area contributed by atoms with Gasteiger partial charge in [-0.3, -0.25) is 9.59 Å². The molecule has 3 aromatic carbocycles. The molecule has 0 saturated carbocycles. The first-order valence-electron chi connectivity index (χ1n) is 11.1. The average Bonchev–Trinajstić information content (AvgIpc) is 3.11. The number of halogens is 1. The molecule has 0 fully saturated rings. The minimum Gasteiger partial charge on any atom is -0.335 e. The Balaban J connectivity index is 1.54. The predicted octanol–water partition coefficient (Wildman–Crippen LogP) is 5.25. The molecule has 0 radical (unpaired) electrons. The fourth-order valence-electron chi connectivity index (χ4n) is 4.20. The molecule has 5 aromatic rings. The van der Waals surface area contributed by atoms with Crippen molar-refractivity contribution in [1.82, 2.24) is 14.2 Å². The second-order valence-electron chi connectivity index (χ2n) is 8.20. The van der Waals surface area contributed by atoms with E-state index in [1.807, 2.05) is 72.2 Å². The topological polar surface area (TPSA) is 81.3 Å². The molecule has 5 rings (SSSR count). The highest BCUT2D eigenvalue weighted by molar-refractivity contribution is 9.10. The van der Waals surface area contributed by atoms with Gasteiger partial charge in [-0.05, 0) is 50.2 Å². The smallest absolute Gasteiger partial charge is 0.282 e. The van der Waals surface area contributed by atoms with Crippen molar-refractivity contribution in [3.63, 3.8) is 0 Å². The van der Waals surface area contributed by atoms with Gasteiger partial charge in [0.05, 0.1) is 17.1 Å². The third kappa shape index (κ3) is 4.40. The molecule has 174 valence electrons. The fraction of sp³-hybridized carbons (Fsp3) is 0.111. The molecule has 0 spiro atoms. The zero-order valence-electron chi connectivity index (χ0n) is 19.2. The summed E-state index contributed by atoms with van der Waals surface area (Å²) in [7, 11) is 0. The first-order chi connectivity index (χ1) is 16.9. The van der Waals surface area contributed by atoms with Gasteiger partial charge < -0.3 is 9.88 Å². The fourth-order valence-corrected chi connectivity index (χ4v) is 4.56. The maximum atomic E-state index is 13.1. The van der Waals surface area contributed by atoms with E-state index in [1.54, 1.807) is 25.3 Å². The van der Waals surface area contributed by atoms with Crippen molar-refractivity contribution in [2.45, 2.75) is 20.4 Å². The minimum absolute atomic E-state index is 0.125. The van der Waals surface area contributed by atoms with E-state index < -0.39 is 0 Å². The van der Waals surface area contributed by atoms with E-state index in [4.69, 9.17) is 0 Å². The van der Waals surface area contributed by atoms with Crippen molar-refractivity contribution in [3.8, 4) is 0 Å². The Morgan fingerprint density at radius 1 is 1.03 bits per heavy atom. The van der Waals surface area contributed by atoms with Crippen LogP contribution in [0.25, 0.3) is 21.8 Å². The summed E-state index contributed by atoms with van der Waals surface area (Å²) in [5.41, 5.74) is 3.76. The van der Waals surface area contributed by atoms with E-state index in [9.17, 15) is 9.59 Å². The van der Waals surface area contributed by atoms with Crippen LogP contribution in [-0.2, 0) is 11.3 Å². The van der Waals surface area contributed by atoms with E-state index in [2.05, 4.69) is 31.3 Å². The number of aryl methyl sites for hydroxylation is 1. The van der Waals surface area contributed by atoms with E-state index >= 15 is 0 Å². The van der Waals surface area contributed by atoms with Crippen molar-refractivity contribution in [1.29, 1.82) is 0 Å². The number of benzene rings is 3. The van der Waals surface area contributed by atoms with Gasteiger partial charge in [-0.1, -0.05) is 52.3 Å². The largest absolute Gasteiger partial charge is 0.335 e. The van der Waals surface area contributed by atoms with Gasteiger partial charge in [0.15, 0.2) is 0 Å². The van der Waals surface area contributed by atoms with Crippen LogP contribution in [0.1, 0.15) is 17.1 Å². The Hall–Kier alpha value is -4.04. The molecular formula is C27H22BrN5O2. The Kier molecular flexibility index (Phi) is 6.05. The Morgan fingerprint density at radius 2 is 1.77 bits per heavy atom. The van der Waals surface area contributed by atoms with E-state index in [0.29, 0.717) is 16.7 Å². The molecular weight excluding hydrogens is 506 g/mol. The number of aromatic nitrogens is 3. The van der Waals surface area contributed by atoms with Crippen molar-refractivity contribution >= 4 is 55.5 Å². The Labute approximate surface area is 209 Å². The summed E-state index contributed by atoms with van der Waals surface area (Å²) in [4.78, 5) is 30.4. The van der Waals surface area contributed by atoms with Crippen LogP contribution in [0, 0.1) is 13.8 Å². The second-order valence-corrected chi connectivity index (χ2v) is 9.11. The third-order valence-electron chi connectivity index (χ3n) is 5.91. The molecule has 35 heavy (non-hydrogen) atoms. The lowest BCUT2D eigenvalue weighted by Gasteiger charge is -2.09. The molecule has 0 saturated heterocycles. The molecule has 0 aliphatic rings. The molecule has 2 heterocycles. The highest BCUT2D eigenvalue weighted by Gasteiger charge is 2.16. The van der Waals surface area contributed by atoms with Crippen LogP contribution in [-0.4, -0.2) is 26.3 Å². The van der Waals surface area contributed by atoms with Crippen LogP contribution in [0.5, 0.6) is 0 Å². The predicted molar refractivity (Wildman–Crippen MR) is 143 cm³/mol. The number of nitrogens with zero attached hydrogens (tertiary/aromatic N) is 4. The summed E-state index contributed by atoms with van der Waals surface area (Å²) in [6, 6.07) is 22.6. The number of nitrogens with one attached hydrogen (secondary N) is 1. The van der Waals surface area contributed by atoms with Gasteiger partial charge in [-0.2, -0.15) is 9.78 Å². The lowest BCUT2D eigenvalue weighted by atomic mass is 10.1. The molecule has 1 N–H and O–H groups in total. The molecule has 1 amide bonds. The number of hydrogen-bond donors (Lipinski definition) is 1. The van der Waals surface area contributed by atoms with Crippen LogP contribution < -0.4 is 10.9 Å². The van der Waals surface area contributed by atoms with E-state index in [0.717, 1.165) is 32.3 Å². The van der Waals surface area contributed by atoms with Crippen molar-refractivity contribution in [2.24, 2.45) is 5.10 Å². The highest BCUT2D eigenvalue weighted by atomic mass is 79.9. The maximum Gasteiger partial charge on any atom is 0.282 e. The summed E-state index contributed by atoms with van der Waals surface area (Å²) in [5.74, 6) is 0.365. The van der Waals surface area contributed by atoms with E-state index in [1.165, 1.54) is 4.68 Å². The Bertz CT molecular complexity index is 1670. The number of fused-ring (bicyclic) bond motifs is 2. The standard InChI is InChI=1S/C27H22BrN5O2/c1-17-23(15-29-33-18(2)30-24-13-12-19(28)14-22(24)27(33)35)21-10-6-7-11-25(21)32(17)16-26(34)31-20-8-4-3-5-9-20/h3-15H,16H2,1-2H3,(H,31,34). The highest BCUT2D eigenvalue weighted by Crippen LogP contribution is 2.25. The zero-order chi connectivity index (χ0) is 24.5. The average molecular weight is 528 g/mol. The van der Waals surface area contributed by atoms with Crippen LogP contribution in [0.4, 0.5) is 5.69 Å². The van der Waals surface area contributed by atoms with Crippen LogP contribution in [0.3, 0.4) is 0 Å². The van der Waals surface area contributed by atoms with Crippen molar-refractivity contribution in [3.05, 3.63) is 105 Å². The van der Waals surface area contributed by atoms with Crippen LogP contribution in [0.15, 0.2) is 87.2 Å². The summed E-state index contributed by atoms with van der Waals surface area (Å²) >= 11 is 3.42. The number of anilines is 1. The number of para-hydroxylation sites is 2. The molecule has 0 bridgehead atoms. The van der Waals surface area contributed by atoms with Gasteiger partial charge in [0.2, 0.25) is 5.91 Å². The van der Waals surface area contributed by atoms with Crippen molar-refractivity contribution < 1.29 is 4.79 Å². The molecule has 0 aliphatic heterocycles. The van der Waals surface area contributed by atoms with Gasteiger partial charge in [0.25, 0.3) is 5.56 Å². The lowest BCUT2D eigenvalue weighted by molar-refractivity contribution is -0.116. The van der Waals surface area contributed by atoms with Gasteiger partial charge in [0.1, 0.15) is 12.4 Å². The van der Waals surface area contributed by atoms with Gasteiger partial charge >= 0.3 is 0 Å². The van der Waals surface area contributed by atoms with Crippen molar-refractivity contribution in [2.75, 3.05) is 5.32 Å². The number of carbonyl (C=O) groups is 1. The minimum atomic E-state index is -0.242. The van der Waals surface area contributed by atoms with Gasteiger partial charge in [0, 0.05) is 32.3 Å². The third-order valence-corrected chi connectivity index (χ3v) is 6.40. The molecule has 0 aliphatic carbocycles. The molecule has 2 aromatic heterocycles. The maximum absolute atomic E-state index is 13.1. The number of rotatable bonds is 5. The zero-order valence-corrected chi connectivity index (χ0v) is 20.8. The summed E-state index contributed by atoms with van der Waals surface area (Å²) < 4.78 is 4.07. The first kappa shape index (κ1) is 22.7. The second kappa shape index (κ2) is 9.31. The summed E-state index contributed by atoms with van der Waals surface area (Å²) in [5, 5.41) is 8.88. The summed E-state index contributed by atoms with van der Waals surface area (Å²) in [6.07, 6.45) is 1.67. The number of carbonyl (C=O) groups excluding carboxylic acids is 1. The van der Waals surface area contributed by atoms with Gasteiger partial charge in [-0.25, -0.2) is 4.98 Å². The number of hydrogen-bond acceptors (Lipinski definition) is 4. The molecule has 8 heteroatoms. The molecule has 7 nitrogen and oxygen atoms in total. The normalized spacial score (nSPS) is 11.5. The Morgan fingerprint density at radius 3 is 2.57 bits per heavy atom. The first-order valence-corrected chi connectivity index (χ1v) is 11.9. The molecule has 0 atom stereocenters.